The van der Waals surface area contributed by atoms with Gasteiger partial charge in [0.2, 0.25) is 0 Å². The molecule has 0 aliphatic heterocycles. The number of hydrogen-bond donors (Lipinski definition) is 2. The minimum Gasteiger partial charge on any atom is -0.341 e. The summed E-state index contributed by atoms with van der Waals surface area (Å²) in [5.41, 5.74) is 2.29. The van der Waals surface area contributed by atoms with E-state index >= 15 is 0 Å². The van der Waals surface area contributed by atoms with Crippen LogP contribution in [-0.2, 0) is 6.54 Å². The molecule has 2 aromatic carbocycles. The molecule has 1 aromatic heterocycles. The Morgan fingerprint density at radius 3 is 2.76 bits per heavy atom. The number of aromatic amines is 1. The summed E-state index contributed by atoms with van der Waals surface area (Å²) in [5, 5.41) is 3.18. The lowest BCUT2D eigenvalue weighted by atomic mass is 10.2. The maximum atomic E-state index is 13.6. The largest absolute Gasteiger partial charge is 0.341 e. The van der Waals surface area contributed by atoms with E-state index in [1.165, 1.54) is 12.1 Å². The van der Waals surface area contributed by atoms with Crippen LogP contribution in [-0.4, -0.2) is 9.97 Å². The van der Waals surface area contributed by atoms with Gasteiger partial charge in [0.05, 0.1) is 17.1 Å². The number of rotatable bonds is 4. The minimum absolute atomic E-state index is 0.0677. The van der Waals surface area contributed by atoms with Crippen LogP contribution in [0.25, 0.3) is 11.0 Å². The van der Waals surface area contributed by atoms with Gasteiger partial charge in [-0.15, -0.1) is 0 Å². The zero-order valence-electron chi connectivity index (χ0n) is 11.5. The first-order valence-corrected chi connectivity index (χ1v) is 6.75. The van der Waals surface area contributed by atoms with Crippen LogP contribution >= 0.6 is 0 Å². The van der Waals surface area contributed by atoms with Crippen molar-refractivity contribution < 1.29 is 8.78 Å². The summed E-state index contributed by atoms with van der Waals surface area (Å²) in [7, 11) is 0. The first kappa shape index (κ1) is 13.7. The molecule has 0 radical (unpaired) electrons. The Kier molecular flexibility index (Phi) is 3.66. The molecule has 0 saturated heterocycles. The molecular weight excluding hydrogens is 272 g/mol. The highest BCUT2D eigenvalue weighted by atomic mass is 19.1. The molecule has 21 heavy (non-hydrogen) atoms. The monoisotopic (exact) mass is 287 g/mol. The minimum atomic E-state index is -0.568. The second kappa shape index (κ2) is 5.61. The van der Waals surface area contributed by atoms with Gasteiger partial charge in [-0.3, -0.25) is 0 Å². The van der Waals surface area contributed by atoms with Crippen molar-refractivity contribution in [3.8, 4) is 0 Å². The molecule has 3 aromatic rings. The molecule has 0 fully saturated rings. The summed E-state index contributed by atoms with van der Waals surface area (Å²) in [6, 6.07) is 11.3. The normalized spacial score (nSPS) is 12.7. The summed E-state index contributed by atoms with van der Waals surface area (Å²) < 4.78 is 26.4. The predicted octanol–water partition coefficient (Wildman–Crippen LogP) is 3.69. The molecule has 5 heteroatoms. The van der Waals surface area contributed by atoms with Crippen LogP contribution in [0.4, 0.5) is 8.78 Å². The van der Waals surface area contributed by atoms with Crippen LogP contribution in [0.3, 0.4) is 0 Å². The van der Waals surface area contributed by atoms with E-state index < -0.39 is 11.6 Å². The van der Waals surface area contributed by atoms with Crippen molar-refractivity contribution in [2.75, 3.05) is 0 Å². The molecular formula is C16H15F2N3. The van der Waals surface area contributed by atoms with Crippen LogP contribution in [0.5, 0.6) is 0 Å². The third-order valence-electron chi connectivity index (χ3n) is 3.43. The smallest absolute Gasteiger partial charge is 0.130 e. The summed E-state index contributed by atoms with van der Waals surface area (Å²) in [4.78, 5) is 7.72. The molecule has 3 nitrogen and oxygen atoms in total. The number of hydrogen-bond acceptors (Lipinski definition) is 2. The van der Waals surface area contributed by atoms with Gasteiger partial charge in [0.25, 0.3) is 0 Å². The van der Waals surface area contributed by atoms with Gasteiger partial charge in [-0.05, 0) is 25.1 Å². The van der Waals surface area contributed by atoms with E-state index in [2.05, 4.69) is 15.3 Å². The molecule has 3 rings (SSSR count). The highest BCUT2D eigenvalue weighted by Gasteiger charge is 2.11. The van der Waals surface area contributed by atoms with E-state index in [1.807, 2.05) is 31.2 Å². The Morgan fingerprint density at radius 2 is 2.00 bits per heavy atom. The molecule has 0 saturated carbocycles. The zero-order valence-corrected chi connectivity index (χ0v) is 11.5. The molecule has 0 aliphatic carbocycles. The van der Waals surface area contributed by atoms with Gasteiger partial charge >= 0.3 is 0 Å². The van der Waals surface area contributed by atoms with E-state index in [0.29, 0.717) is 12.1 Å². The number of fused-ring (bicyclic) bond motifs is 1. The van der Waals surface area contributed by atoms with Gasteiger partial charge in [-0.25, -0.2) is 13.8 Å². The van der Waals surface area contributed by atoms with Gasteiger partial charge in [-0.2, -0.15) is 0 Å². The average Bonchev–Trinajstić information content (AvgIpc) is 2.90. The standard InChI is InChI=1S/C16H15F2N3/c1-10(16-20-14-4-2-3-5-15(14)21-16)19-9-11-6-7-12(17)8-13(11)18/h2-8,10,19H,9H2,1H3,(H,20,21). The first-order valence-electron chi connectivity index (χ1n) is 6.75. The lowest BCUT2D eigenvalue weighted by molar-refractivity contribution is 0.522. The number of H-pyrrole nitrogens is 1. The van der Waals surface area contributed by atoms with Gasteiger partial charge in [0, 0.05) is 18.2 Å². The summed E-state index contributed by atoms with van der Waals surface area (Å²) in [6.07, 6.45) is 0. The fourth-order valence-electron chi connectivity index (χ4n) is 2.20. The molecule has 1 unspecified atom stereocenters. The van der Waals surface area contributed by atoms with E-state index in [0.717, 1.165) is 22.9 Å². The second-order valence-electron chi connectivity index (χ2n) is 4.98. The first-order chi connectivity index (χ1) is 10.1. The zero-order chi connectivity index (χ0) is 14.8. The fourth-order valence-corrected chi connectivity index (χ4v) is 2.20. The van der Waals surface area contributed by atoms with E-state index in [1.54, 1.807) is 0 Å². The van der Waals surface area contributed by atoms with Crippen molar-refractivity contribution in [1.29, 1.82) is 0 Å². The summed E-state index contributed by atoms with van der Waals surface area (Å²) in [6.45, 7) is 2.25. The lowest BCUT2D eigenvalue weighted by Gasteiger charge is -2.11. The topological polar surface area (TPSA) is 40.7 Å². The van der Waals surface area contributed by atoms with Crippen molar-refractivity contribution in [3.63, 3.8) is 0 Å². The molecule has 0 bridgehead atoms. The Bertz CT molecular complexity index is 734. The van der Waals surface area contributed by atoms with Crippen molar-refractivity contribution in [3.05, 3.63) is 65.5 Å². The number of nitrogens with one attached hydrogen (secondary N) is 2. The number of nitrogens with zero attached hydrogens (tertiary/aromatic N) is 1. The van der Waals surface area contributed by atoms with Crippen molar-refractivity contribution in [2.45, 2.75) is 19.5 Å². The molecule has 108 valence electrons. The number of imidazole rings is 1. The van der Waals surface area contributed by atoms with E-state index in [4.69, 9.17) is 0 Å². The maximum absolute atomic E-state index is 13.6. The van der Waals surface area contributed by atoms with Gasteiger partial charge in [-0.1, -0.05) is 18.2 Å². The van der Waals surface area contributed by atoms with Gasteiger partial charge < -0.3 is 10.3 Å². The Morgan fingerprint density at radius 1 is 1.19 bits per heavy atom. The molecule has 0 aliphatic rings. The Hall–Kier alpha value is -2.27. The highest BCUT2D eigenvalue weighted by molar-refractivity contribution is 5.74. The fraction of sp³-hybridized carbons (Fsp3) is 0.188. The van der Waals surface area contributed by atoms with Gasteiger partial charge in [0.1, 0.15) is 17.5 Å². The lowest BCUT2D eigenvalue weighted by Crippen LogP contribution is -2.19. The Balaban J connectivity index is 1.72. The van der Waals surface area contributed by atoms with Crippen molar-refractivity contribution in [2.24, 2.45) is 0 Å². The molecule has 1 atom stereocenters. The van der Waals surface area contributed by atoms with Crippen molar-refractivity contribution in [1.82, 2.24) is 15.3 Å². The second-order valence-corrected chi connectivity index (χ2v) is 4.98. The average molecular weight is 287 g/mol. The third kappa shape index (κ3) is 2.92. The van der Waals surface area contributed by atoms with Crippen LogP contribution in [0, 0.1) is 11.6 Å². The predicted molar refractivity (Wildman–Crippen MR) is 77.7 cm³/mol. The van der Waals surface area contributed by atoms with E-state index in [9.17, 15) is 8.78 Å². The quantitative estimate of drug-likeness (QED) is 0.768. The Labute approximate surface area is 121 Å². The van der Waals surface area contributed by atoms with Crippen LogP contribution in [0.2, 0.25) is 0 Å². The van der Waals surface area contributed by atoms with Gasteiger partial charge in [0.15, 0.2) is 0 Å². The number of benzene rings is 2. The van der Waals surface area contributed by atoms with Crippen LogP contribution < -0.4 is 5.32 Å². The number of para-hydroxylation sites is 2. The molecule has 2 N–H and O–H groups in total. The molecule has 0 amide bonds. The van der Waals surface area contributed by atoms with Crippen LogP contribution in [0.1, 0.15) is 24.4 Å². The van der Waals surface area contributed by atoms with Crippen molar-refractivity contribution >= 4 is 11.0 Å². The number of halogens is 2. The van der Waals surface area contributed by atoms with E-state index in [-0.39, 0.29) is 6.04 Å². The maximum Gasteiger partial charge on any atom is 0.130 e. The summed E-state index contributed by atoms with van der Waals surface area (Å²) >= 11 is 0. The third-order valence-corrected chi connectivity index (χ3v) is 3.43. The summed E-state index contributed by atoms with van der Waals surface area (Å²) in [5.74, 6) is -0.320. The SMILES string of the molecule is CC(NCc1ccc(F)cc1F)c1nc2ccccc2[nH]1. The number of aromatic nitrogens is 2. The van der Waals surface area contributed by atoms with Crippen LogP contribution in [0.15, 0.2) is 42.5 Å². The molecule has 0 spiro atoms. The molecule has 1 heterocycles. The highest BCUT2D eigenvalue weighted by Crippen LogP contribution is 2.16.